The van der Waals surface area contributed by atoms with Crippen LogP contribution in [0.3, 0.4) is 0 Å². The summed E-state index contributed by atoms with van der Waals surface area (Å²) in [5.74, 6) is -1.15. The number of carbonyl (C=O) groups is 3. The van der Waals surface area contributed by atoms with E-state index in [1.807, 2.05) is 18.2 Å². The Bertz CT molecular complexity index is 628. The van der Waals surface area contributed by atoms with E-state index >= 15 is 0 Å². The van der Waals surface area contributed by atoms with Gasteiger partial charge < -0.3 is 24.8 Å². The third-order valence-corrected chi connectivity index (χ3v) is 4.55. The molecule has 2 rings (SSSR count). The molecule has 1 fully saturated rings. The molecule has 2 amide bonds. The van der Waals surface area contributed by atoms with Crippen molar-refractivity contribution < 1.29 is 29.0 Å². The van der Waals surface area contributed by atoms with Gasteiger partial charge in [-0.15, -0.1) is 0 Å². The molecule has 1 heterocycles. The highest BCUT2D eigenvalue weighted by molar-refractivity contribution is 5.85. The van der Waals surface area contributed by atoms with Gasteiger partial charge in [-0.05, 0) is 25.0 Å². The molecule has 1 saturated heterocycles. The van der Waals surface area contributed by atoms with E-state index < -0.39 is 12.0 Å². The Morgan fingerprint density at radius 2 is 1.89 bits per heavy atom. The van der Waals surface area contributed by atoms with Gasteiger partial charge in [-0.2, -0.15) is 0 Å². The number of likely N-dealkylation sites (tertiary alicyclic amines) is 1. The molecule has 1 unspecified atom stereocenters. The van der Waals surface area contributed by atoms with Gasteiger partial charge in [-0.3, -0.25) is 9.59 Å². The molecule has 27 heavy (non-hydrogen) atoms. The Hall–Kier alpha value is -2.61. The van der Waals surface area contributed by atoms with Crippen molar-refractivity contribution in [3.05, 3.63) is 30.3 Å². The lowest BCUT2D eigenvalue weighted by Crippen LogP contribution is -2.48. The van der Waals surface area contributed by atoms with Crippen LogP contribution in [0.4, 0.5) is 0 Å². The van der Waals surface area contributed by atoms with E-state index in [0.29, 0.717) is 31.7 Å². The molecule has 1 aliphatic rings. The number of ether oxygens (including phenoxy) is 2. The highest BCUT2D eigenvalue weighted by atomic mass is 16.5. The molecule has 1 atom stereocenters. The summed E-state index contributed by atoms with van der Waals surface area (Å²) in [6.07, 6.45) is 1.21. The number of carbonyl (C=O) groups excluding carboxylic acids is 2. The molecule has 0 radical (unpaired) electrons. The number of carboxylic acid groups (broad SMARTS) is 1. The van der Waals surface area contributed by atoms with Gasteiger partial charge in [0.2, 0.25) is 5.91 Å². The minimum absolute atomic E-state index is 0.0427. The van der Waals surface area contributed by atoms with Crippen molar-refractivity contribution in [3.8, 4) is 5.75 Å². The van der Waals surface area contributed by atoms with Gasteiger partial charge in [-0.1, -0.05) is 18.2 Å². The lowest BCUT2D eigenvalue weighted by atomic mass is 9.95. The number of para-hydroxylation sites is 1. The van der Waals surface area contributed by atoms with Crippen molar-refractivity contribution in [2.45, 2.75) is 25.3 Å². The fraction of sp³-hybridized carbons (Fsp3) is 0.526. The van der Waals surface area contributed by atoms with Crippen LogP contribution in [-0.4, -0.2) is 67.2 Å². The van der Waals surface area contributed by atoms with Crippen LogP contribution in [0.15, 0.2) is 30.3 Å². The third-order valence-electron chi connectivity index (χ3n) is 4.55. The van der Waals surface area contributed by atoms with E-state index in [0.717, 1.165) is 0 Å². The van der Waals surface area contributed by atoms with Crippen LogP contribution in [0.2, 0.25) is 0 Å². The molecular weight excluding hydrogens is 352 g/mol. The van der Waals surface area contributed by atoms with Gasteiger partial charge in [0.15, 0.2) is 6.61 Å². The molecule has 2 N–H and O–H groups in total. The van der Waals surface area contributed by atoms with E-state index in [-0.39, 0.29) is 37.4 Å². The van der Waals surface area contributed by atoms with Gasteiger partial charge in [0, 0.05) is 39.1 Å². The molecule has 0 aromatic heterocycles. The highest BCUT2D eigenvalue weighted by Crippen LogP contribution is 2.18. The maximum absolute atomic E-state index is 12.3. The molecule has 8 heteroatoms. The molecule has 0 spiro atoms. The number of rotatable bonds is 9. The summed E-state index contributed by atoms with van der Waals surface area (Å²) < 4.78 is 10.3. The van der Waals surface area contributed by atoms with Crippen molar-refractivity contribution in [1.82, 2.24) is 10.2 Å². The standard InChI is InChI=1S/C19H26N2O6/c1-26-12-9-16(19(24)25)20-18(23)14-7-10-21(11-8-14)17(22)13-27-15-5-3-2-4-6-15/h2-6,14,16H,7-13H2,1H3,(H,20,23)(H,24,25). The molecule has 0 aliphatic carbocycles. The Balaban J connectivity index is 1.75. The first-order valence-electron chi connectivity index (χ1n) is 8.99. The monoisotopic (exact) mass is 378 g/mol. The maximum atomic E-state index is 12.3. The summed E-state index contributed by atoms with van der Waals surface area (Å²) in [7, 11) is 1.48. The van der Waals surface area contributed by atoms with Crippen LogP contribution in [-0.2, 0) is 19.1 Å². The number of methoxy groups -OCH3 is 1. The van der Waals surface area contributed by atoms with E-state index in [2.05, 4.69) is 5.32 Å². The van der Waals surface area contributed by atoms with Crippen LogP contribution in [0.5, 0.6) is 5.75 Å². The number of hydrogen-bond acceptors (Lipinski definition) is 5. The number of nitrogens with zero attached hydrogens (tertiary/aromatic N) is 1. The first-order valence-corrected chi connectivity index (χ1v) is 8.99. The van der Waals surface area contributed by atoms with Crippen LogP contribution < -0.4 is 10.1 Å². The fourth-order valence-corrected chi connectivity index (χ4v) is 2.93. The molecular formula is C19H26N2O6. The third kappa shape index (κ3) is 6.56. The average Bonchev–Trinajstić information content (AvgIpc) is 2.69. The van der Waals surface area contributed by atoms with E-state index in [1.54, 1.807) is 17.0 Å². The number of hydrogen-bond donors (Lipinski definition) is 2. The summed E-state index contributed by atoms with van der Waals surface area (Å²) in [5, 5.41) is 11.7. The van der Waals surface area contributed by atoms with Gasteiger partial charge in [0.1, 0.15) is 11.8 Å². The van der Waals surface area contributed by atoms with Crippen LogP contribution in [0, 0.1) is 5.92 Å². The van der Waals surface area contributed by atoms with Gasteiger partial charge >= 0.3 is 5.97 Å². The number of piperidine rings is 1. The first-order chi connectivity index (χ1) is 13.0. The van der Waals surface area contributed by atoms with E-state index in [9.17, 15) is 19.5 Å². The number of carboxylic acids is 1. The zero-order valence-corrected chi connectivity index (χ0v) is 15.4. The molecule has 0 bridgehead atoms. The number of aliphatic carboxylic acids is 1. The van der Waals surface area contributed by atoms with Gasteiger partial charge in [0.05, 0.1) is 0 Å². The highest BCUT2D eigenvalue weighted by Gasteiger charge is 2.30. The second-order valence-electron chi connectivity index (χ2n) is 6.44. The molecule has 1 aliphatic heterocycles. The smallest absolute Gasteiger partial charge is 0.326 e. The van der Waals surface area contributed by atoms with Crippen molar-refractivity contribution in [3.63, 3.8) is 0 Å². The Morgan fingerprint density at radius 3 is 2.48 bits per heavy atom. The minimum atomic E-state index is -1.08. The topological polar surface area (TPSA) is 105 Å². The van der Waals surface area contributed by atoms with E-state index in [4.69, 9.17) is 9.47 Å². The Morgan fingerprint density at radius 1 is 1.22 bits per heavy atom. The molecule has 1 aromatic carbocycles. The van der Waals surface area contributed by atoms with Gasteiger partial charge in [-0.25, -0.2) is 4.79 Å². The van der Waals surface area contributed by atoms with Crippen LogP contribution >= 0.6 is 0 Å². The summed E-state index contributed by atoms with van der Waals surface area (Å²) in [4.78, 5) is 37.5. The Labute approximate surface area is 158 Å². The van der Waals surface area contributed by atoms with Crippen molar-refractivity contribution in [2.24, 2.45) is 5.92 Å². The fourth-order valence-electron chi connectivity index (χ4n) is 2.93. The molecule has 0 saturated carbocycles. The molecule has 8 nitrogen and oxygen atoms in total. The predicted octanol–water partition coefficient (Wildman–Crippen LogP) is 0.910. The summed E-state index contributed by atoms with van der Waals surface area (Å²) in [6, 6.07) is 8.14. The summed E-state index contributed by atoms with van der Waals surface area (Å²) in [5.41, 5.74) is 0. The van der Waals surface area contributed by atoms with Crippen LogP contribution in [0.1, 0.15) is 19.3 Å². The second-order valence-corrected chi connectivity index (χ2v) is 6.44. The molecule has 1 aromatic rings. The SMILES string of the molecule is COCCC(NC(=O)C1CCN(C(=O)COc2ccccc2)CC1)C(=O)O. The lowest BCUT2D eigenvalue weighted by Gasteiger charge is -2.31. The summed E-state index contributed by atoms with van der Waals surface area (Å²) in [6.45, 7) is 1.11. The average molecular weight is 378 g/mol. The minimum Gasteiger partial charge on any atom is -0.484 e. The van der Waals surface area contributed by atoms with Crippen molar-refractivity contribution in [1.29, 1.82) is 0 Å². The number of amides is 2. The normalized spacial score (nSPS) is 15.8. The zero-order valence-electron chi connectivity index (χ0n) is 15.4. The van der Waals surface area contributed by atoms with Crippen molar-refractivity contribution >= 4 is 17.8 Å². The second kappa shape index (κ2) is 10.5. The zero-order chi connectivity index (χ0) is 19.6. The predicted molar refractivity (Wildman–Crippen MR) is 97.3 cm³/mol. The van der Waals surface area contributed by atoms with Crippen molar-refractivity contribution in [2.75, 3.05) is 33.4 Å². The molecule has 148 valence electrons. The Kier molecular flexibility index (Phi) is 8.06. The van der Waals surface area contributed by atoms with Crippen LogP contribution in [0.25, 0.3) is 0 Å². The lowest BCUT2D eigenvalue weighted by molar-refractivity contribution is -0.143. The first kappa shape index (κ1) is 20.7. The maximum Gasteiger partial charge on any atom is 0.326 e. The van der Waals surface area contributed by atoms with Gasteiger partial charge in [0.25, 0.3) is 5.91 Å². The number of benzene rings is 1. The largest absolute Gasteiger partial charge is 0.484 e. The summed E-state index contributed by atoms with van der Waals surface area (Å²) >= 11 is 0. The number of nitrogens with one attached hydrogen (secondary N) is 1. The van der Waals surface area contributed by atoms with E-state index in [1.165, 1.54) is 7.11 Å². The quantitative estimate of drug-likeness (QED) is 0.662.